The Morgan fingerprint density at radius 1 is 0.853 bits per heavy atom. The van der Waals surface area contributed by atoms with Crippen molar-refractivity contribution in [3.63, 3.8) is 0 Å². The predicted molar refractivity (Wildman–Crippen MR) is 133 cm³/mol. The van der Waals surface area contributed by atoms with E-state index in [9.17, 15) is 14.0 Å². The van der Waals surface area contributed by atoms with Gasteiger partial charge in [-0.1, -0.05) is 41.4 Å². The summed E-state index contributed by atoms with van der Waals surface area (Å²) in [5, 5.41) is 8.59. The molecule has 0 atom stereocenters. The zero-order chi connectivity index (χ0) is 24.1. The number of pyridine rings is 1. The lowest BCUT2D eigenvalue weighted by molar-refractivity contribution is 0.208. The summed E-state index contributed by atoms with van der Waals surface area (Å²) in [5.41, 5.74) is 0.942. The van der Waals surface area contributed by atoms with Crippen molar-refractivity contribution >= 4 is 58.1 Å². The van der Waals surface area contributed by atoms with E-state index < -0.39 is 11.8 Å². The Labute approximate surface area is 205 Å². The topological polar surface area (TPSA) is 89.6 Å². The van der Waals surface area contributed by atoms with Crippen LogP contribution in [-0.2, 0) is 0 Å². The molecule has 3 aromatic rings. The zero-order valence-electron chi connectivity index (χ0n) is 17.9. The lowest BCUT2D eigenvalue weighted by atomic mass is 10.3. The smallest absolute Gasteiger partial charge is 0.323 e. The highest BCUT2D eigenvalue weighted by Gasteiger charge is 2.23. The maximum atomic E-state index is 13.7. The zero-order valence-corrected chi connectivity index (χ0v) is 19.4. The van der Waals surface area contributed by atoms with Gasteiger partial charge in [0.25, 0.3) is 0 Å². The molecule has 3 N–H and O–H groups in total. The van der Waals surface area contributed by atoms with Crippen LogP contribution in [-0.4, -0.2) is 48.1 Å². The summed E-state index contributed by atoms with van der Waals surface area (Å²) < 4.78 is 13.7. The van der Waals surface area contributed by atoms with Crippen LogP contribution in [0, 0.1) is 5.82 Å². The highest BCUT2D eigenvalue weighted by Crippen LogP contribution is 2.30. The molecular formula is C23H21Cl2FN6O2. The first kappa shape index (κ1) is 23.6. The van der Waals surface area contributed by atoms with Crippen molar-refractivity contribution in [2.75, 3.05) is 47.0 Å². The van der Waals surface area contributed by atoms with Gasteiger partial charge < -0.3 is 25.8 Å². The number of rotatable bonds is 4. The lowest BCUT2D eigenvalue weighted by Crippen LogP contribution is -2.50. The molecule has 0 aliphatic carbocycles. The number of hydrogen-bond donors (Lipinski definition) is 3. The van der Waals surface area contributed by atoms with Gasteiger partial charge in [-0.25, -0.2) is 19.0 Å². The van der Waals surface area contributed by atoms with Gasteiger partial charge in [0.05, 0.1) is 33.3 Å². The van der Waals surface area contributed by atoms with E-state index in [0.29, 0.717) is 53.4 Å². The molecule has 4 amide bonds. The van der Waals surface area contributed by atoms with Gasteiger partial charge in [-0.2, -0.15) is 0 Å². The molecule has 1 aromatic heterocycles. The Hall–Kier alpha value is -3.56. The molecule has 1 aliphatic rings. The van der Waals surface area contributed by atoms with Crippen LogP contribution in [0.1, 0.15) is 0 Å². The number of carbonyl (C=O) groups is 2. The van der Waals surface area contributed by atoms with Crippen molar-refractivity contribution in [3.05, 3.63) is 76.7 Å². The SMILES string of the molecule is O=C(Nc1ccc(N2CCN(C(=O)Nc3c(Cl)cccc3Cl)CC2)nc1)Nc1ccccc1F. The molecule has 4 rings (SSSR count). The molecule has 2 heterocycles. The van der Waals surface area contributed by atoms with E-state index in [1.54, 1.807) is 47.4 Å². The molecule has 2 aromatic carbocycles. The minimum atomic E-state index is -0.571. The number of anilines is 4. The van der Waals surface area contributed by atoms with Gasteiger partial charge in [0.2, 0.25) is 0 Å². The number of halogens is 3. The second-order valence-corrected chi connectivity index (χ2v) is 8.28. The minimum absolute atomic E-state index is 0.0864. The molecule has 0 unspecified atom stereocenters. The van der Waals surface area contributed by atoms with Crippen molar-refractivity contribution in [2.24, 2.45) is 0 Å². The number of urea groups is 2. The van der Waals surface area contributed by atoms with Gasteiger partial charge in [-0.15, -0.1) is 0 Å². The monoisotopic (exact) mass is 502 g/mol. The first-order chi connectivity index (χ1) is 16.4. The lowest BCUT2D eigenvalue weighted by Gasteiger charge is -2.35. The Morgan fingerprint density at radius 3 is 2.21 bits per heavy atom. The van der Waals surface area contributed by atoms with Crippen LogP contribution in [0.2, 0.25) is 10.0 Å². The number of para-hydroxylation sites is 2. The molecule has 1 fully saturated rings. The molecule has 1 saturated heterocycles. The number of amides is 4. The van der Waals surface area contributed by atoms with Gasteiger partial charge in [-0.3, -0.25) is 0 Å². The van der Waals surface area contributed by atoms with Crippen LogP contribution >= 0.6 is 23.2 Å². The summed E-state index contributed by atoms with van der Waals surface area (Å²) in [4.78, 5) is 32.8. The van der Waals surface area contributed by atoms with Crippen molar-refractivity contribution < 1.29 is 14.0 Å². The van der Waals surface area contributed by atoms with E-state index >= 15 is 0 Å². The molecule has 8 nitrogen and oxygen atoms in total. The maximum Gasteiger partial charge on any atom is 0.323 e. The second-order valence-electron chi connectivity index (χ2n) is 7.46. The van der Waals surface area contributed by atoms with Crippen molar-refractivity contribution in [2.45, 2.75) is 0 Å². The van der Waals surface area contributed by atoms with E-state index in [4.69, 9.17) is 23.2 Å². The Bertz CT molecular complexity index is 1170. The third-order valence-corrected chi connectivity index (χ3v) is 5.84. The van der Waals surface area contributed by atoms with Crippen LogP contribution < -0.4 is 20.9 Å². The van der Waals surface area contributed by atoms with Gasteiger partial charge in [0, 0.05) is 26.2 Å². The molecular weight excluding hydrogens is 482 g/mol. The summed E-state index contributed by atoms with van der Waals surface area (Å²) in [6.45, 7) is 2.13. The van der Waals surface area contributed by atoms with Gasteiger partial charge >= 0.3 is 12.1 Å². The number of aromatic nitrogens is 1. The van der Waals surface area contributed by atoms with Crippen molar-refractivity contribution in [1.82, 2.24) is 9.88 Å². The maximum absolute atomic E-state index is 13.7. The highest BCUT2D eigenvalue weighted by molar-refractivity contribution is 6.39. The fourth-order valence-corrected chi connectivity index (χ4v) is 3.93. The normalized spacial score (nSPS) is 13.4. The van der Waals surface area contributed by atoms with Crippen molar-refractivity contribution in [3.8, 4) is 0 Å². The largest absolute Gasteiger partial charge is 0.353 e. The molecule has 1 aliphatic heterocycles. The number of benzene rings is 2. The van der Waals surface area contributed by atoms with Gasteiger partial charge in [0.15, 0.2) is 0 Å². The summed E-state index contributed by atoms with van der Waals surface area (Å²) in [6, 6.07) is 13.6. The second kappa shape index (κ2) is 10.6. The molecule has 0 saturated carbocycles. The van der Waals surface area contributed by atoms with Crippen LogP contribution in [0.15, 0.2) is 60.8 Å². The molecule has 176 valence electrons. The van der Waals surface area contributed by atoms with E-state index in [2.05, 4.69) is 20.9 Å². The van der Waals surface area contributed by atoms with E-state index in [1.165, 1.54) is 18.3 Å². The number of carbonyl (C=O) groups excluding carboxylic acids is 2. The van der Waals surface area contributed by atoms with Crippen LogP contribution in [0.3, 0.4) is 0 Å². The summed E-state index contributed by atoms with van der Waals surface area (Å²) in [7, 11) is 0. The van der Waals surface area contributed by atoms with Crippen molar-refractivity contribution in [1.29, 1.82) is 0 Å². The molecule has 0 bridgehead atoms. The summed E-state index contributed by atoms with van der Waals surface area (Å²) >= 11 is 12.3. The fourth-order valence-electron chi connectivity index (χ4n) is 3.44. The first-order valence-corrected chi connectivity index (χ1v) is 11.2. The standard InChI is InChI=1S/C23H21Cl2FN6O2/c24-16-4-3-5-17(25)21(16)30-23(34)32-12-10-31(11-13-32)20-9-8-15(14-27-20)28-22(33)29-19-7-2-1-6-18(19)26/h1-9,14H,10-13H2,(H,30,34)(H2,28,29,33). The van der Waals surface area contributed by atoms with E-state index in [1.807, 2.05) is 4.90 Å². The fraction of sp³-hybridized carbons (Fsp3) is 0.174. The molecule has 0 radical (unpaired) electrons. The van der Waals surface area contributed by atoms with Crippen LogP contribution in [0.25, 0.3) is 0 Å². The average molecular weight is 503 g/mol. The average Bonchev–Trinajstić information content (AvgIpc) is 2.83. The highest BCUT2D eigenvalue weighted by atomic mass is 35.5. The van der Waals surface area contributed by atoms with E-state index in [0.717, 1.165) is 0 Å². The van der Waals surface area contributed by atoms with Crippen LogP contribution in [0.5, 0.6) is 0 Å². The number of hydrogen-bond acceptors (Lipinski definition) is 4. The van der Waals surface area contributed by atoms with E-state index in [-0.39, 0.29) is 11.7 Å². The quantitative estimate of drug-likeness (QED) is 0.437. The molecule has 0 spiro atoms. The third kappa shape index (κ3) is 5.67. The molecule has 34 heavy (non-hydrogen) atoms. The first-order valence-electron chi connectivity index (χ1n) is 10.4. The molecule has 11 heteroatoms. The predicted octanol–water partition coefficient (Wildman–Crippen LogP) is 5.53. The summed E-state index contributed by atoms with van der Waals surface area (Å²) in [6.07, 6.45) is 1.52. The van der Waals surface area contributed by atoms with Gasteiger partial charge in [0.1, 0.15) is 11.6 Å². The third-order valence-electron chi connectivity index (χ3n) is 5.21. The minimum Gasteiger partial charge on any atom is -0.353 e. The van der Waals surface area contributed by atoms with Gasteiger partial charge in [-0.05, 0) is 36.4 Å². The number of nitrogens with zero attached hydrogens (tertiary/aromatic N) is 3. The Balaban J connectivity index is 1.28. The Morgan fingerprint density at radius 2 is 1.56 bits per heavy atom. The number of piperazine rings is 1. The Kier molecular flexibility index (Phi) is 7.34. The number of nitrogens with one attached hydrogen (secondary N) is 3. The van der Waals surface area contributed by atoms with Crippen LogP contribution in [0.4, 0.5) is 36.9 Å². The summed E-state index contributed by atoms with van der Waals surface area (Å²) in [5.74, 6) is 0.197.